The number of rotatable bonds is 6. The third kappa shape index (κ3) is 6.01. The highest BCUT2D eigenvalue weighted by molar-refractivity contribution is 5.79. The average Bonchev–Trinajstić information content (AvgIpc) is 2.44. The Balaban J connectivity index is 2.28. The van der Waals surface area contributed by atoms with Crippen molar-refractivity contribution in [2.45, 2.75) is 33.2 Å². The first kappa shape index (κ1) is 17.9. The van der Waals surface area contributed by atoms with Crippen LogP contribution in [0.15, 0.2) is 0 Å². The molecule has 0 aromatic heterocycles. The molecular weight excluding hydrogens is 268 g/mol. The van der Waals surface area contributed by atoms with E-state index >= 15 is 0 Å². The van der Waals surface area contributed by atoms with E-state index in [1.54, 1.807) is 11.8 Å². The monoisotopic (exact) mass is 298 g/mol. The maximum absolute atomic E-state index is 12.2. The van der Waals surface area contributed by atoms with Gasteiger partial charge < -0.3 is 15.5 Å². The molecule has 0 aromatic carbocycles. The summed E-state index contributed by atoms with van der Waals surface area (Å²) in [6.45, 7) is 9.61. The second kappa shape index (κ2) is 8.34. The van der Waals surface area contributed by atoms with Crippen LogP contribution in [0.1, 0.15) is 27.2 Å². The zero-order chi connectivity index (χ0) is 16.0. The third-order valence-electron chi connectivity index (χ3n) is 4.18. The molecule has 2 N–H and O–H groups in total. The van der Waals surface area contributed by atoms with Gasteiger partial charge in [-0.1, -0.05) is 13.8 Å². The number of likely N-dealkylation sites (N-methyl/N-ethyl adjacent to an activating group) is 1. The summed E-state index contributed by atoms with van der Waals surface area (Å²) in [6.07, 6.45) is 0.902. The first-order valence-electron chi connectivity index (χ1n) is 7.78. The van der Waals surface area contributed by atoms with E-state index in [4.69, 9.17) is 5.73 Å². The number of carbonyl (C=O) groups excluding carboxylic acids is 2. The smallest absolute Gasteiger partial charge is 0.236 e. The molecule has 1 saturated heterocycles. The van der Waals surface area contributed by atoms with Gasteiger partial charge in [0.05, 0.1) is 6.54 Å². The predicted molar refractivity (Wildman–Crippen MR) is 83.8 cm³/mol. The Morgan fingerprint density at radius 3 is 2.14 bits per heavy atom. The molecule has 1 rings (SSSR count). The van der Waals surface area contributed by atoms with Crippen molar-refractivity contribution in [1.29, 1.82) is 0 Å². The maximum Gasteiger partial charge on any atom is 0.236 e. The van der Waals surface area contributed by atoms with Crippen LogP contribution in [0.5, 0.6) is 0 Å². The first-order chi connectivity index (χ1) is 9.81. The van der Waals surface area contributed by atoms with Gasteiger partial charge >= 0.3 is 0 Å². The van der Waals surface area contributed by atoms with Crippen molar-refractivity contribution in [2.24, 2.45) is 11.7 Å². The number of hydrogen-bond donors (Lipinski definition) is 1. The van der Waals surface area contributed by atoms with Crippen molar-refractivity contribution in [3.8, 4) is 0 Å². The van der Waals surface area contributed by atoms with Crippen molar-refractivity contribution >= 4 is 11.8 Å². The van der Waals surface area contributed by atoms with Crippen LogP contribution in [-0.4, -0.2) is 78.9 Å². The Kier molecular flexibility index (Phi) is 7.11. The molecule has 0 bridgehead atoms. The molecule has 0 aliphatic carbocycles. The summed E-state index contributed by atoms with van der Waals surface area (Å²) >= 11 is 0. The quantitative estimate of drug-likeness (QED) is 0.748. The highest BCUT2D eigenvalue weighted by Crippen LogP contribution is 2.05. The van der Waals surface area contributed by atoms with Gasteiger partial charge in [-0.15, -0.1) is 0 Å². The molecule has 6 nitrogen and oxygen atoms in total. The van der Waals surface area contributed by atoms with E-state index in [1.807, 2.05) is 16.8 Å². The number of piperazine rings is 1. The standard InChI is InChI=1S/C15H30N4O2/c1-12(2)14(16)5-6-17(4)11-15(21)19-9-7-18(8-10-19)13(3)20/h12,14H,5-11,16H2,1-4H3. The minimum Gasteiger partial charge on any atom is -0.339 e. The van der Waals surface area contributed by atoms with Gasteiger partial charge in [0.25, 0.3) is 0 Å². The van der Waals surface area contributed by atoms with Crippen LogP contribution in [0.3, 0.4) is 0 Å². The summed E-state index contributed by atoms with van der Waals surface area (Å²) < 4.78 is 0. The molecular formula is C15H30N4O2. The molecule has 1 unspecified atom stereocenters. The van der Waals surface area contributed by atoms with Crippen molar-refractivity contribution < 1.29 is 9.59 Å². The molecule has 0 radical (unpaired) electrons. The third-order valence-corrected chi connectivity index (χ3v) is 4.18. The predicted octanol–water partition coefficient (Wildman–Crippen LogP) is -0.0177. The minimum absolute atomic E-state index is 0.0851. The Bertz CT molecular complexity index is 352. The summed E-state index contributed by atoms with van der Waals surface area (Å²) in [4.78, 5) is 29.1. The molecule has 1 fully saturated rings. The number of nitrogens with zero attached hydrogens (tertiary/aromatic N) is 3. The molecule has 6 heteroatoms. The van der Waals surface area contributed by atoms with Gasteiger partial charge in [-0.05, 0) is 25.9 Å². The zero-order valence-electron chi connectivity index (χ0n) is 13.8. The van der Waals surface area contributed by atoms with Gasteiger partial charge in [0.15, 0.2) is 0 Å². The van der Waals surface area contributed by atoms with Crippen molar-refractivity contribution in [2.75, 3.05) is 46.3 Å². The molecule has 1 atom stereocenters. The van der Waals surface area contributed by atoms with Gasteiger partial charge in [0, 0.05) is 39.1 Å². The summed E-state index contributed by atoms with van der Waals surface area (Å²) in [5, 5.41) is 0. The van der Waals surface area contributed by atoms with Crippen LogP contribution < -0.4 is 5.73 Å². The molecule has 2 amide bonds. The zero-order valence-corrected chi connectivity index (χ0v) is 13.8. The molecule has 1 heterocycles. The Labute approximate surface area is 128 Å². The molecule has 1 aliphatic heterocycles. The summed E-state index contributed by atoms with van der Waals surface area (Å²) in [5.41, 5.74) is 6.02. The van der Waals surface area contributed by atoms with Gasteiger partial charge in [0.2, 0.25) is 11.8 Å². The molecule has 0 aromatic rings. The average molecular weight is 298 g/mol. The van der Waals surface area contributed by atoms with Gasteiger partial charge in [-0.3, -0.25) is 14.5 Å². The minimum atomic E-state index is 0.0851. The topological polar surface area (TPSA) is 69.9 Å². The van der Waals surface area contributed by atoms with E-state index in [1.165, 1.54) is 0 Å². The second-order valence-electron chi connectivity index (χ2n) is 6.32. The van der Waals surface area contributed by atoms with E-state index in [0.29, 0.717) is 38.6 Å². The number of nitrogens with two attached hydrogens (primary N) is 1. The normalized spacial score (nSPS) is 17.5. The Morgan fingerprint density at radius 1 is 1.14 bits per heavy atom. The van der Waals surface area contributed by atoms with Crippen LogP contribution in [0.2, 0.25) is 0 Å². The largest absolute Gasteiger partial charge is 0.339 e. The molecule has 122 valence electrons. The van der Waals surface area contributed by atoms with Crippen LogP contribution >= 0.6 is 0 Å². The molecule has 21 heavy (non-hydrogen) atoms. The lowest BCUT2D eigenvalue weighted by Gasteiger charge is -2.35. The molecule has 0 saturated carbocycles. The highest BCUT2D eigenvalue weighted by Gasteiger charge is 2.23. The fraction of sp³-hybridized carbons (Fsp3) is 0.867. The van der Waals surface area contributed by atoms with Crippen LogP contribution in [-0.2, 0) is 9.59 Å². The first-order valence-corrected chi connectivity index (χ1v) is 7.78. The van der Waals surface area contributed by atoms with Crippen molar-refractivity contribution in [1.82, 2.24) is 14.7 Å². The highest BCUT2D eigenvalue weighted by atomic mass is 16.2. The summed E-state index contributed by atoms with van der Waals surface area (Å²) in [5.74, 6) is 0.689. The van der Waals surface area contributed by atoms with Crippen LogP contribution in [0, 0.1) is 5.92 Å². The Hall–Kier alpha value is -1.14. The number of amides is 2. The maximum atomic E-state index is 12.2. The van der Waals surface area contributed by atoms with E-state index < -0.39 is 0 Å². The SMILES string of the molecule is CC(=O)N1CCN(C(=O)CN(C)CCC(N)C(C)C)CC1. The van der Waals surface area contributed by atoms with Crippen LogP contribution in [0.25, 0.3) is 0 Å². The number of carbonyl (C=O) groups is 2. The lowest BCUT2D eigenvalue weighted by molar-refractivity contribution is -0.139. The van der Waals surface area contributed by atoms with Gasteiger partial charge in [0.1, 0.15) is 0 Å². The van der Waals surface area contributed by atoms with Crippen LogP contribution in [0.4, 0.5) is 0 Å². The fourth-order valence-corrected chi connectivity index (χ4v) is 2.38. The molecule has 0 spiro atoms. The van der Waals surface area contributed by atoms with E-state index in [-0.39, 0.29) is 17.9 Å². The lowest BCUT2D eigenvalue weighted by atomic mass is 10.0. The van der Waals surface area contributed by atoms with E-state index in [2.05, 4.69) is 13.8 Å². The molecule has 1 aliphatic rings. The van der Waals surface area contributed by atoms with E-state index in [9.17, 15) is 9.59 Å². The van der Waals surface area contributed by atoms with E-state index in [0.717, 1.165) is 13.0 Å². The summed E-state index contributed by atoms with van der Waals surface area (Å²) in [6, 6.07) is 0.182. The van der Waals surface area contributed by atoms with Gasteiger partial charge in [-0.2, -0.15) is 0 Å². The van der Waals surface area contributed by atoms with Crippen molar-refractivity contribution in [3.63, 3.8) is 0 Å². The fourth-order valence-electron chi connectivity index (χ4n) is 2.38. The number of hydrogen-bond acceptors (Lipinski definition) is 4. The van der Waals surface area contributed by atoms with Crippen molar-refractivity contribution in [3.05, 3.63) is 0 Å². The lowest BCUT2D eigenvalue weighted by Crippen LogP contribution is -2.52. The van der Waals surface area contributed by atoms with Gasteiger partial charge in [-0.25, -0.2) is 0 Å². The second-order valence-corrected chi connectivity index (χ2v) is 6.32. The Morgan fingerprint density at radius 2 is 1.67 bits per heavy atom. The summed E-state index contributed by atoms with van der Waals surface area (Å²) in [7, 11) is 1.96.